The molecule has 0 saturated heterocycles. The van der Waals surface area contributed by atoms with Crippen molar-refractivity contribution < 1.29 is 4.74 Å². The second-order valence-corrected chi connectivity index (χ2v) is 6.54. The third-order valence-electron chi connectivity index (χ3n) is 4.41. The van der Waals surface area contributed by atoms with Crippen LogP contribution >= 0.6 is 12.2 Å². The Morgan fingerprint density at radius 3 is 2.57 bits per heavy atom. The second-order valence-electron chi connectivity index (χ2n) is 6.15. The number of rotatable bonds is 6. The first-order valence-electron chi connectivity index (χ1n) is 8.77. The molecule has 0 radical (unpaired) electrons. The van der Waals surface area contributed by atoms with Crippen molar-refractivity contribution in [1.29, 1.82) is 0 Å². The monoisotopic (exact) mass is 389 g/mol. The molecule has 0 atom stereocenters. The lowest BCUT2D eigenvalue weighted by molar-refractivity contribution is 0.415. The summed E-state index contributed by atoms with van der Waals surface area (Å²) < 4.78 is 9.58. The SMILES string of the molecule is C=CCn1c(-c2cn(-c3ccccc3)nc2-c2ccc(OC)cc2)n[nH]c1=S. The minimum absolute atomic E-state index is 0.544. The summed E-state index contributed by atoms with van der Waals surface area (Å²) in [5, 5.41) is 12.2. The van der Waals surface area contributed by atoms with E-state index in [0.717, 1.165) is 34.1 Å². The smallest absolute Gasteiger partial charge is 0.195 e. The zero-order valence-corrected chi connectivity index (χ0v) is 16.2. The maximum Gasteiger partial charge on any atom is 0.195 e. The topological polar surface area (TPSA) is 60.7 Å². The van der Waals surface area contributed by atoms with Gasteiger partial charge in [-0.15, -0.1) is 6.58 Å². The standard InChI is InChI=1S/C21H19N5OS/c1-3-13-25-20(22-23-21(25)28)18-14-26(16-7-5-4-6-8-16)24-19(18)15-9-11-17(27-2)12-10-15/h3-12,14H,1,13H2,2H3,(H,23,28). The Balaban J connectivity index is 1.92. The van der Waals surface area contributed by atoms with Crippen molar-refractivity contribution in [3.8, 4) is 34.1 Å². The molecule has 4 aromatic rings. The van der Waals surface area contributed by atoms with Gasteiger partial charge >= 0.3 is 0 Å². The van der Waals surface area contributed by atoms with Crippen molar-refractivity contribution in [3.63, 3.8) is 0 Å². The van der Waals surface area contributed by atoms with Crippen LogP contribution in [0.25, 0.3) is 28.3 Å². The highest BCUT2D eigenvalue weighted by Crippen LogP contribution is 2.32. The van der Waals surface area contributed by atoms with E-state index < -0.39 is 0 Å². The van der Waals surface area contributed by atoms with Crippen molar-refractivity contribution in [2.24, 2.45) is 0 Å². The molecule has 140 valence electrons. The van der Waals surface area contributed by atoms with Gasteiger partial charge in [-0.3, -0.25) is 9.67 Å². The van der Waals surface area contributed by atoms with E-state index in [1.165, 1.54) is 0 Å². The maximum atomic E-state index is 5.38. The number of aromatic amines is 1. The van der Waals surface area contributed by atoms with Gasteiger partial charge in [-0.05, 0) is 48.6 Å². The van der Waals surface area contributed by atoms with Crippen LogP contribution in [0.1, 0.15) is 0 Å². The van der Waals surface area contributed by atoms with E-state index >= 15 is 0 Å². The molecule has 0 unspecified atom stereocenters. The lowest BCUT2D eigenvalue weighted by Gasteiger charge is -2.05. The Bertz CT molecular complexity index is 1160. The summed E-state index contributed by atoms with van der Waals surface area (Å²) in [5.74, 6) is 1.51. The second kappa shape index (κ2) is 7.66. The van der Waals surface area contributed by atoms with Crippen molar-refractivity contribution in [2.45, 2.75) is 6.54 Å². The summed E-state index contributed by atoms with van der Waals surface area (Å²) in [5.41, 5.74) is 3.62. The normalized spacial score (nSPS) is 10.8. The molecule has 4 rings (SSSR count). The molecule has 7 heteroatoms. The van der Waals surface area contributed by atoms with E-state index in [2.05, 4.69) is 16.8 Å². The van der Waals surface area contributed by atoms with Gasteiger partial charge in [0, 0.05) is 18.3 Å². The molecule has 0 spiro atoms. The van der Waals surface area contributed by atoms with E-state index in [1.807, 2.05) is 70.0 Å². The van der Waals surface area contributed by atoms with Crippen LogP contribution in [0.2, 0.25) is 0 Å². The highest BCUT2D eigenvalue weighted by Gasteiger charge is 2.19. The third kappa shape index (κ3) is 3.27. The van der Waals surface area contributed by atoms with Crippen LogP contribution < -0.4 is 4.74 Å². The molecule has 0 bridgehead atoms. The molecular weight excluding hydrogens is 370 g/mol. The number of aromatic nitrogens is 5. The number of nitrogens with zero attached hydrogens (tertiary/aromatic N) is 4. The molecule has 2 heterocycles. The minimum Gasteiger partial charge on any atom is -0.497 e. The fraction of sp³-hybridized carbons (Fsp3) is 0.0952. The van der Waals surface area contributed by atoms with E-state index in [4.69, 9.17) is 22.1 Å². The molecular formula is C21H19N5OS. The number of H-pyrrole nitrogens is 1. The number of allylic oxidation sites excluding steroid dienone is 1. The summed E-state index contributed by atoms with van der Waals surface area (Å²) in [6, 6.07) is 17.8. The molecule has 0 fully saturated rings. The average Bonchev–Trinajstić information content (AvgIpc) is 3.33. The Morgan fingerprint density at radius 1 is 1.14 bits per heavy atom. The number of nitrogens with one attached hydrogen (secondary N) is 1. The van der Waals surface area contributed by atoms with E-state index in [1.54, 1.807) is 13.2 Å². The van der Waals surface area contributed by atoms with Crippen LogP contribution in [0.5, 0.6) is 5.75 Å². The Morgan fingerprint density at radius 2 is 1.89 bits per heavy atom. The molecule has 0 amide bonds. The summed E-state index contributed by atoms with van der Waals surface area (Å²) >= 11 is 5.38. The molecule has 2 aromatic carbocycles. The van der Waals surface area contributed by atoms with Gasteiger partial charge in [-0.25, -0.2) is 4.68 Å². The predicted molar refractivity (Wildman–Crippen MR) is 112 cm³/mol. The molecule has 1 N–H and O–H groups in total. The fourth-order valence-electron chi connectivity index (χ4n) is 3.03. The Labute approximate surface area is 167 Å². The lowest BCUT2D eigenvalue weighted by Crippen LogP contribution is -1.99. The number of ether oxygens (including phenoxy) is 1. The molecule has 0 aliphatic heterocycles. The van der Waals surface area contributed by atoms with Gasteiger partial charge in [0.05, 0.1) is 18.4 Å². The molecule has 6 nitrogen and oxygen atoms in total. The fourth-order valence-corrected chi connectivity index (χ4v) is 3.24. The van der Waals surface area contributed by atoms with Gasteiger partial charge in [0.2, 0.25) is 0 Å². The summed E-state index contributed by atoms with van der Waals surface area (Å²) in [4.78, 5) is 0. The van der Waals surface area contributed by atoms with E-state index in [9.17, 15) is 0 Å². The van der Waals surface area contributed by atoms with Gasteiger partial charge in [0.15, 0.2) is 10.6 Å². The summed E-state index contributed by atoms with van der Waals surface area (Å²) in [6.45, 7) is 4.38. The van der Waals surface area contributed by atoms with Crippen LogP contribution in [0.15, 0.2) is 73.4 Å². The summed E-state index contributed by atoms with van der Waals surface area (Å²) in [7, 11) is 1.65. The number of hydrogen-bond acceptors (Lipinski definition) is 4. The zero-order chi connectivity index (χ0) is 19.5. The predicted octanol–water partition coefficient (Wildman–Crippen LogP) is 4.65. The lowest BCUT2D eigenvalue weighted by atomic mass is 10.1. The number of methoxy groups -OCH3 is 1. The van der Waals surface area contributed by atoms with Crippen LogP contribution in [-0.2, 0) is 6.54 Å². The Hall–Kier alpha value is -3.45. The van der Waals surface area contributed by atoms with Gasteiger partial charge in [-0.1, -0.05) is 24.3 Å². The largest absolute Gasteiger partial charge is 0.497 e. The van der Waals surface area contributed by atoms with Gasteiger partial charge in [0.25, 0.3) is 0 Å². The first-order chi connectivity index (χ1) is 13.7. The van der Waals surface area contributed by atoms with Crippen molar-refractivity contribution in [1.82, 2.24) is 24.5 Å². The van der Waals surface area contributed by atoms with Crippen molar-refractivity contribution in [2.75, 3.05) is 7.11 Å². The van der Waals surface area contributed by atoms with Crippen LogP contribution in [0, 0.1) is 4.77 Å². The van der Waals surface area contributed by atoms with Crippen molar-refractivity contribution in [3.05, 3.63) is 78.2 Å². The van der Waals surface area contributed by atoms with E-state index in [-0.39, 0.29) is 0 Å². The van der Waals surface area contributed by atoms with Crippen LogP contribution in [0.4, 0.5) is 0 Å². The van der Waals surface area contributed by atoms with Crippen LogP contribution in [-0.4, -0.2) is 31.7 Å². The molecule has 2 aromatic heterocycles. The van der Waals surface area contributed by atoms with Gasteiger partial charge in [-0.2, -0.15) is 10.2 Å². The average molecular weight is 389 g/mol. The minimum atomic E-state index is 0.544. The van der Waals surface area contributed by atoms with Crippen molar-refractivity contribution >= 4 is 12.2 Å². The summed E-state index contributed by atoms with van der Waals surface area (Å²) in [6.07, 6.45) is 3.77. The van der Waals surface area contributed by atoms with E-state index in [0.29, 0.717) is 11.3 Å². The first kappa shape index (κ1) is 17.9. The number of benzene rings is 2. The number of para-hydroxylation sites is 1. The molecule has 28 heavy (non-hydrogen) atoms. The highest BCUT2D eigenvalue weighted by molar-refractivity contribution is 7.71. The highest BCUT2D eigenvalue weighted by atomic mass is 32.1. The molecule has 0 aliphatic carbocycles. The molecule has 0 saturated carbocycles. The number of hydrogen-bond donors (Lipinski definition) is 1. The Kier molecular flexibility index (Phi) is 4.90. The van der Waals surface area contributed by atoms with Gasteiger partial charge < -0.3 is 4.74 Å². The quantitative estimate of drug-likeness (QED) is 0.385. The maximum absolute atomic E-state index is 5.38. The molecule has 0 aliphatic rings. The first-order valence-corrected chi connectivity index (χ1v) is 9.18. The van der Waals surface area contributed by atoms with Crippen LogP contribution in [0.3, 0.4) is 0 Å². The van der Waals surface area contributed by atoms with Gasteiger partial charge in [0.1, 0.15) is 11.4 Å². The third-order valence-corrected chi connectivity index (χ3v) is 4.72. The zero-order valence-electron chi connectivity index (χ0n) is 15.4.